The third-order valence-corrected chi connectivity index (χ3v) is 7.23. The van der Waals surface area contributed by atoms with Crippen molar-refractivity contribution in [3.63, 3.8) is 0 Å². The van der Waals surface area contributed by atoms with Crippen molar-refractivity contribution < 1.29 is 90.2 Å². The number of phenols is 2. The summed E-state index contributed by atoms with van der Waals surface area (Å²) in [7, 11) is -4.82. The fourth-order valence-electron chi connectivity index (χ4n) is 3.88. The van der Waals surface area contributed by atoms with E-state index in [4.69, 9.17) is 0 Å². The molecule has 3 aromatic carbocycles. The minimum atomic E-state index is -4.82. The van der Waals surface area contributed by atoms with Gasteiger partial charge in [-0.25, -0.2) is 5.10 Å². The third-order valence-electron chi connectivity index (χ3n) is 6.40. The summed E-state index contributed by atoms with van der Waals surface area (Å²) in [6.45, 7) is 5.03. The standard InChI is InChI=1S/C17H15N5O7S.C10H9N5O4.Cr.Na/c1-9-3-5-11(6-4-9)21-17(24)15(10(2)20-21)19-18-13-7-12(30(27,28)29)8-14(16(13)23)22(25)26;1-5-9(10(17)14-11-5)13-12-7-3-2-6(15(18)19)4-8(7)16;;/h3-8,23-24H,1-2H3,(H,27,28,29);2-4,16H,1H3,(H2,11,14,17);;/q;;;+1. The van der Waals surface area contributed by atoms with Gasteiger partial charge in [0, 0.05) is 29.5 Å². The van der Waals surface area contributed by atoms with Crippen molar-refractivity contribution in [2.75, 3.05) is 0 Å². The van der Waals surface area contributed by atoms with Crippen LogP contribution in [0.1, 0.15) is 17.0 Å². The number of aromatic hydroxyl groups is 4. The number of nitro benzene ring substituents is 2. The predicted octanol–water partition coefficient (Wildman–Crippen LogP) is 2.93. The Morgan fingerprint density at radius 2 is 1.41 bits per heavy atom. The molecule has 5 rings (SSSR count). The summed E-state index contributed by atoms with van der Waals surface area (Å²) in [5, 5.41) is 85.9. The third kappa shape index (κ3) is 9.92. The smallest absolute Gasteiger partial charge is 0.505 e. The van der Waals surface area contributed by atoms with E-state index < -0.39 is 42.0 Å². The van der Waals surface area contributed by atoms with Crippen LogP contribution in [0, 0.1) is 41.0 Å². The Bertz CT molecular complexity index is 2240. The summed E-state index contributed by atoms with van der Waals surface area (Å²) in [5.74, 6) is -1.97. The van der Waals surface area contributed by atoms with Crippen molar-refractivity contribution in [3.8, 4) is 28.9 Å². The number of phenolic OH excluding ortho intramolecular Hbond substituents is 2. The number of aromatic nitrogens is 4. The van der Waals surface area contributed by atoms with E-state index in [1.807, 2.05) is 19.1 Å². The van der Waals surface area contributed by atoms with Crippen LogP contribution in [0.2, 0.25) is 0 Å². The molecule has 0 amide bonds. The number of aromatic amines is 1. The molecule has 0 aliphatic carbocycles. The van der Waals surface area contributed by atoms with E-state index in [0.29, 0.717) is 23.5 Å². The molecule has 2 aromatic heterocycles. The van der Waals surface area contributed by atoms with Crippen molar-refractivity contribution in [2.45, 2.75) is 25.7 Å². The average molecular weight is 772 g/mol. The van der Waals surface area contributed by atoms with Crippen LogP contribution in [-0.2, 0) is 27.5 Å². The summed E-state index contributed by atoms with van der Waals surface area (Å²) >= 11 is 0. The van der Waals surface area contributed by atoms with Gasteiger partial charge in [-0.2, -0.15) is 23.3 Å². The summed E-state index contributed by atoms with van der Waals surface area (Å²) in [4.78, 5) is 19.0. The first-order chi connectivity index (χ1) is 23.0. The molecule has 0 aliphatic rings. The Labute approximate surface area is 319 Å². The largest absolute Gasteiger partial charge is 1.00 e. The molecule has 0 fully saturated rings. The number of nitro groups is 2. The fourth-order valence-corrected chi connectivity index (χ4v) is 4.41. The maximum Gasteiger partial charge on any atom is 1.00 e. The number of hydrogen-bond donors (Lipinski definition) is 6. The zero-order valence-corrected chi connectivity index (χ0v) is 30.8. The molecular formula is C27H24CrN10NaO11S+. The van der Waals surface area contributed by atoms with Crippen molar-refractivity contribution in [2.24, 2.45) is 20.5 Å². The fraction of sp³-hybridized carbons (Fsp3) is 0.111. The number of H-pyrrole nitrogens is 1. The second kappa shape index (κ2) is 17.1. The monoisotopic (exact) mass is 771 g/mol. The normalized spacial score (nSPS) is 11.1. The minimum absolute atomic E-state index is 0. The molecule has 260 valence electrons. The van der Waals surface area contributed by atoms with E-state index in [2.05, 4.69) is 35.8 Å². The summed E-state index contributed by atoms with van der Waals surface area (Å²) in [5.41, 5.74) is 0.456. The number of non-ortho nitro benzene ring substituents is 1. The number of benzene rings is 3. The van der Waals surface area contributed by atoms with Crippen molar-refractivity contribution in [1.82, 2.24) is 20.0 Å². The van der Waals surface area contributed by atoms with Gasteiger partial charge in [0.05, 0.1) is 33.0 Å². The van der Waals surface area contributed by atoms with Crippen molar-refractivity contribution >= 4 is 44.2 Å². The first-order valence-corrected chi connectivity index (χ1v) is 14.8. The van der Waals surface area contributed by atoms with E-state index in [0.717, 1.165) is 11.6 Å². The topological polar surface area (TPSA) is 318 Å². The zero-order valence-electron chi connectivity index (χ0n) is 26.7. The number of azo groups is 2. The van der Waals surface area contributed by atoms with Gasteiger partial charge < -0.3 is 20.4 Å². The Balaban J connectivity index is 0.000000372. The van der Waals surface area contributed by atoms with E-state index in [-0.39, 0.29) is 92.9 Å². The first-order valence-electron chi connectivity index (χ1n) is 13.4. The van der Waals surface area contributed by atoms with Gasteiger partial charge in [-0.05, 0) is 45.0 Å². The molecular weight excluding hydrogens is 747 g/mol. The van der Waals surface area contributed by atoms with Gasteiger partial charge in [-0.3, -0.25) is 24.8 Å². The number of rotatable bonds is 8. The summed E-state index contributed by atoms with van der Waals surface area (Å²) < 4.78 is 33.1. The van der Waals surface area contributed by atoms with E-state index in [1.165, 1.54) is 23.7 Å². The molecule has 5 aromatic rings. The Morgan fingerprint density at radius 1 is 0.804 bits per heavy atom. The van der Waals surface area contributed by atoms with Gasteiger partial charge in [0.15, 0.2) is 11.4 Å². The summed E-state index contributed by atoms with van der Waals surface area (Å²) in [6, 6.07) is 11.7. The number of aryl methyl sites for hydroxylation is 3. The zero-order chi connectivity index (χ0) is 36.2. The first kappa shape index (κ1) is 41.9. The molecule has 51 heavy (non-hydrogen) atoms. The van der Waals surface area contributed by atoms with Crippen LogP contribution in [0.5, 0.6) is 23.3 Å². The molecule has 0 aliphatic heterocycles. The predicted molar refractivity (Wildman–Crippen MR) is 167 cm³/mol. The van der Waals surface area contributed by atoms with Gasteiger partial charge >= 0.3 is 35.2 Å². The molecule has 0 unspecified atom stereocenters. The van der Waals surface area contributed by atoms with Gasteiger partial charge in [-0.1, -0.05) is 17.7 Å². The second-order valence-electron chi connectivity index (χ2n) is 9.88. The number of hydrogen-bond acceptors (Lipinski definition) is 16. The number of nitrogens with one attached hydrogen (secondary N) is 1. The van der Waals surface area contributed by atoms with Gasteiger partial charge in [-0.15, -0.1) is 20.5 Å². The van der Waals surface area contributed by atoms with Crippen LogP contribution >= 0.6 is 0 Å². The molecule has 2 heterocycles. The maximum absolute atomic E-state index is 11.4. The van der Waals surface area contributed by atoms with Gasteiger partial charge in [0.2, 0.25) is 17.5 Å². The molecule has 0 saturated heterocycles. The van der Waals surface area contributed by atoms with Gasteiger partial charge in [0.1, 0.15) is 22.0 Å². The molecule has 0 spiro atoms. The Kier molecular flexibility index (Phi) is 14.0. The van der Waals surface area contributed by atoms with E-state index in [9.17, 15) is 53.6 Å². The van der Waals surface area contributed by atoms with Crippen LogP contribution in [0.3, 0.4) is 0 Å². The van der Waals surface area contributed by atoms with E-state index >= 15 is 0 Å². The molecule has 6 N–H and O–H groups in total. The van der Waals surface area contributed by atoms with Crippen LogP contribution in [0.4, 0.5) is 34.1 Å². The molecule has 0 radical (unpaired) electrons. The maximum atomic E-state index is 11.4. The van der Waals surface area contributed by atoms with Crippen molar-refractivity contribution in [3.05, 3.63) is 91.8 Å². The molecule has 24 heteroatoms. The van der Waals surface area contributed by atoms with Gasteiger partial charge in [0.25, 0.3) is 15.8 Å². The molecule has 21 nitrogen and oxygen atoms in total. The molecule has 0 bridgehead atoms. The Morgan fingerprint density at radius 3 is 1.94 bits per heavy atom. The summed E-state index contributed by atoms with van der Waals surface area (Å²) in [6.07, 6.45) is 0. The van der Waals surface area contributed by atoms with Crippen molar-refractivity contribution in [1.29, 1.82) is 0 Å². The van der Waals surface area contributed by atoms with Crippen LogP contribution in [0.15, 0.2) is 79.9 Å². The van der Waals surface area contributed by atoms with Crippen LogP contribution < -0.4 is 29.6 Å². The molecule has 0 atom stereocenters. The Hall–Kier alpha value is -5.28. The molecule has 0 saturated carbocycles. The average Bonchev–Trinajstić information content (AvgIpc) is 3.51. The van der Waals surface area contributed by atoms with Crippen LogP contribution in [-0.4, -0.2) is 63.2 Å². The van der Waals surface area contributed by atoms with Crippen LogP contribution in [0.25, 0.3) is 5.69 Å². The SMILES string of the molecule is Cc1ccc(-n2nc(C)c(N=Nc3cc(S(=O)(=O)O)cc([N+](=O)[O-])c3O)c2O)cc1.Cc1n[nH]c(O)c1N=Nc1ccc([N+](=O)[O-])cc1O.[Cr].[Na+]. The van der Waals surface area contributed by atoms with E-state index in [1.54, 1.807) is 19.1 Å². The number of nitrogens with zero attached hydrogens (tertiary/aromatic N) is 9. The quantitative estimate of drug-likeness (QED) is 0.0435. The minimum Gasteiger partial charge on any atom is -0.505 e. The second-order valence-corrected chi connectivity index (χ2v) is 11.3.